The molecule has 0 bridgehead atoms. The van der Waals surface area contributed by atoms with Gasteiger partial charge in [0.2, 0.25) is 0 Å². The van der Waals surface area contributed by atoms with Crippen LogP contribution >= 0.6 is 0 Å². The molecular formula is C20H22N6. The normalized spacial score (nSPS) is 12.2. The van der Waals surface area contributed by atoms with Crippen LogP contribution in [-0.4, -0.2) is 24.7 Å². The Labute approximate surface area is 151 Å². The first-order chi connectivity index (χ1) is 12.3. The maximum absolute atomic E-state index is 6.18. The van der Waals surface area contributed by atoms with E-state index in [0.717, 1.165) is 44.5 Å². The number of anilines is 1. The Kier molecular flexibility index (Phi) is 3.41. The number of fused-ring (bicyclic) bond motifs is 2. The Morgan fingerprint density at radius 1 is 1.19 bits per heavy atom. The summed E-state index contributed by atoms with van der Waals surface area (Å²) < 4.78 is 1.91. The van der Waals surface area contributed by atoms with Crippen LogP contribution in [-0.2, 0) is 5.54 Å². The molecule has 0 unspecified atom stereocenters. The van der Waals surface area contributed by atoms with Gasteiger partial charge in [0.25, 0.3) is 0 Å². The minimum atomic E-state index is -0.221. The average Bonchev–Trinajstić information content (AvgIpc) is 3.16. The fraction of sp³-hybridized carbons (Fsp3) is 0.250. The molecule has 26 heavy (non-hydrogen) atoms. The smallest absolute Gasteiger partial charge is 0.164 e. The van der Waals surface area contributed by atoms with Crippen molar-refractivity contribution in [3.05, 3.63) is 42.9 Å². The van der Waals surface area contributed by atoms with E-state index in [1.807, 2.05) is 11.6 Å². The highest BCUT2D eigenvalue weighted by Gasteiger charge is 2.24. The van der Waals surface area contributed by atoms with Gasteiger partial charge in [-0.2, -0.15) is 5.10 Å². The molecule has 3 heterocycles. The fourth-order valence-electron chi connectivity index (χ4n) is 3.15. The predicted molar refractivity (Wildman–Crippen MR) is 107 cm³/mol. The number of rotatable bonds is 2. The molecule has 0 saturated heterocycles. The summed E-state index contributed by atoms with van der Waals surface area (Å²) in [5.74, 6) is 0.440. The second kappa shape index (κ2) is 5.42. The summed E-state index contributed by atoms with van der Waals surface area (Å²) in [6.45, 7) is 12.3. The number of hydrogen-bond donors (Lipinski definition) is 2. The summed E-state index contributed by atoms with van der Waals surface area (Å²) >= 11 is 0. The van der Waals surface area contributed by atoms with E-state index in [2.05, 4.69) is 66.6 Å². The zero-order valence-corrected chi connectivity index (χ0v) is 15.5. The van der Waals surface area contributed by atoms with E-state index in [-0.39, 0.29) is 5.54 Å². The van der Waals surface area contributed by atoms with Crippen LogP contribution in [0.5, 0.6) is 0 Å². The van der Waals surface area contributed by atoms with Crippen molar-refractivity contribution in [2.75, 3.05) is 5.73 Å². The third-order valence-corrected chi connectivity index (χ3v) is 4.49. The van der Waals surface area contributed by atoms with E-state index in [1.54, 1.807) is 0 Å². The first-order valence-electron chi connectivity index (χ1n) is 8.54. The third kappa shape index (κ3) is 2.45. The summed E-state index contributed by atoms with van der Waals surface area (Å²) in [5, 5.41) is 6.76. The molecule has 0 fully saturated rings. The fourth-order valence-corrected chi connectivity index (χ4v) is 3.15. The van der Waals surface area contributed by atoms with E-state index >= 15 is 0 Å². The molecule has 0 atom stereocenters. The molecule has 3 aromatic heterocycles. The van der Waals surface area contributed by atoms with Crippen molar-refractivity contribution in [1.29, 1.82) is 0 Å². The Morgan fingerprint density at radius 2 is 1.96 bits per heavy atom. The molecule has 6 heteroatoms. The maximum atomic E-state index is 6.18. The average molecular weight is 346 g/mol. The Morgan fingerprint density at radius 3 is 2.65 bits per heavy atom. The Balaban J connectivity index is 1.99. The van der Waals surface area contributed by atoms with Crippen molar-refractivity contribution in [3.8, 4) is 11.3 Å². The van der Waals surface area contributed by atoms with Crippen LogP contribution in [0.4, 0.5) is 5.82 Å². The van der Waals surface area contributed by atoms with Crippen molar-refractivity contribution in [1.82, 2.24) is 24.7 Å². The molecule has 0 aliphatic rings. The Bertz CT molecular complexity index is 1160. The van der Waals surface area contributed by atoms with Crippen molar-refractivity contribution in [2.45, 2.75) is 33.2 Å². The first-order valence-corrected chi connectivity index (χ1v) is 8.54. The van der Waals surface area contributed by atoms with Gasteiger partial charge in [0.15, 0.2) is 5.65 Å². The van der Waals surface area contributed by atoms with Crippen LogP contribution in [0.25, 0.3) is 38.8 Å². The van der Waals surface area contributed by atoms with E-state index < -0.39 is 0 Å². The van der Waals surface area contributed by atoms with Gasteiger partial charge in [0.1, 0.15) is 17.8 Å². The molecule has 6 nitrogen and oxygen atoms in total. The summed E-state index contributed by atoms with van der Waals surface area (Å²) in [4.78, 5) is 12.0. The molecule has 0 amide bonds. The molecule has 3 N–H and O–H groups in total. The quantitative estimate of drug-likeness (QED) is 0.565. The summed E-state index contributed by atoms with van der Waals surface area (Å²) in [6.07, 6.45) is 1.48. The van der Waals surface area contributed by atoms with Crippen molar-refractivity contribution in [3.63, 3.8) is 0 Å². The molecule has 132 valence electrons. The topological polar surface area (TPSA) is 85.4 Å². The van der Waals surface area contributed by atoms with Crippen LogP contribution in [0.3, 0.4) is 0 Å². The van der Waals surface area contributed by atoms with Crippen molar-refractivity contribution >= 4 is 33.3 Å². The summed E-state index contributed by atoms with van der Waals surface area (Å²) in [6, 6.07) is 8.32. The number of allylic oxidation sites excluding steroid dienone is 1. The number of hydrogen-bond acceptors (Lipinski definition) is 4. The number of H-pyrrole nitrogens is 1. The highest BCUT2D eigenvalue weighted by Crippen LogP contribution is 2.34. The van der Waals surface area contributed by atoms with Gasteiger partial charge < -0.3 is 10.7 Å². The lowest BCUT2D eigenvalue weighted by Gasteiger charge is -2.19. The maximum Gasteiger partial charge on any atom is 0.164 e. The number of nitrogens with one attached hydrogen (secondary N) is 1. The minimum Gasteiger partial charge on any atom is -0.383 e. The zero-order valence-electron chi connectivity index (χ0n) is 15.5. The summed E-state index contributed by atoms with van der Waals surface area (Å²) in [7, 11) is 0. The third-order valence-electron chi connectivity index (χ3n) is 4.49. The number of aromatic amines is 1. The van der Waals surface area contributed by atoms with Gasteiger partial charge in [-0.15, -0.1) is 0 Å². The van der Waals surface area contributed by atoms with E-state index in [9.17, 15) is 0 Å². The van der Waals surface area contributed by atoms with Gasteiger partial charge in [-0.3, -0.25) is 0 Å². The van der Waals surface area contributed by atoms with Crippen molar-refractivity contribution in [2.24, 2.45) is 0 Å². The van der Waals surface area contributed by atoms with E-state index in [4.69, 9.17) is 10.8 Å². The standard InChI is InChI=1S/C20H22N6/c1-11(2)14-8-12-6-7-13(9-15(12)24-14)17-16-18(21)22-10-23-19(16)26(25-17)20(3,4)5/h6-10,24H,1H2,2-5H3,(H2,21,22,23). The molecule has 0 aliphatic heterocycles. The van der Waals surface area contributed by atoms with Crippen LogP contribution < -0.4 is 5.73 Å². The van der Waals surface area contributed by atoms with Gasteiger partial charge in [0.05, 0.1) is 10.9 Å². The van der Waals surface area contributed by atoms with Gasteiger partial charge in [-0.05, 0) is 45.4 Å². The lowest BCUT2D eigenvalue weighted by atomic mass is 10.1. The zero-order chi connectivity index (χ0) is 18.6. The molecule has 0 radical (unpaired) electrons. The number of aromatic nitrogens is 5. The number of nitrogen functional groups attached to an aromatic ring is 1. The molecule has 1 aromatic carbocycles. The molecule has 4 rings (SSSR count). The predicted octanol–water partition coefficient (Wildman–Crippen LogP) is 4.34. The molecule has 4 aromatic rings. The lowest BCUT2D eigenvalue weighted by molar-refractivity contribution is 0.367. The second-order valence-electron chi connectivity index (χ2n) is 7.65. The van der Waals surface area contributed by atoms with Crippen LogP contribution in [0.1, 0.15) is 33.4 Å². The Hall–Kier alpha value is -3.15. The van der Waals surface area contributed by atoms with Gasteiger partial charge in [-0.1, -0.05) is 18.7 Å². The minimum absolute atomic E-state index is 0.221. The van der Waals surface area contributed by atoms with Crippen LogP contribution in [0.15, 0.2) is 37.2 Å². The number of nitrogens with zero attached hydrogens (tertiary/aromatic N) is 4. The van der Waals surface area contributed by atoms with Gasteiger partial charge in [0, 0.05) is 22.2 Å². The summed E-state index contributed by atoms with van der Waals surface area (Å²) in [5.41, 5.74) is 11.5. The molecular weight excluding hydrogens is 324 g/mol. The highest BCUT2D eigenvalue weighted by molar-refractivity contribution is 6.00. The van der Waals surface area contributed by atoms with Crippen LogP contribution in [0.2, 0.25) is 0 Å². The second-order valence-corrected chi connectivity index (χ2v) is 7.65. The van der Waals surface area contributed by atoms with Crippen LogP contribution in [0, 0.1) is 0 Å². The highest BCUT2D eigenvalue weighted by atomic mass is 15.3. The molecule has 0 saturated carbocycles. The first kappa shape index (κ1) is 16.3. The van der Waals surface area contributed by atoms with Gasteiger partial charge >= 0.3 is 0 Å². The molecule has 0 spiro atoms. The van der Waals surface area contributed by atoms with E-state index in [1.165, 1.54) is 6.33 Å². The van der Waals surface area contributed by atoms with Gasteiger partial charge in [-0.25, -0.2) is 14.6 Å². The number of benzene rings is 1. The largest absolute Gasteiger partial charge is 0.383 e. The van der Waals surface area contributed by atoms with Crippen molar-refractivity contribution < 1.29 is 0 Å². The molecule has 0 aliphatic carbocycles. The van der Waals surface area contributed by atoms with E-state index in [0.29, 0.717) is 5.82 Å². The monoisotopic (exact) mass is 346 g/mol. The lowest BCUT2D eigenvalue weighted by Crippen LogP contribution is -2.23. The number of nitrogens with two attached hydrogens (primary N) is 1. The SMILES string of the molecule is C=C(C)c1cc2ccc(-c3nn(C(C)(C)C)c4ncnc(N)c34)cc2[nH]1.